The molecule has 1 N–H and O–H groups in total. The largest absolute Gasteiger partial charge is 0.317 e. The van der Waals surface area contributed by atoms with Gasteiger partial charge in [0.1, 0.15) is 5.82 Å². The average Bonchev–Trinajstić information content (AvgIpc) is 2.22. The molecule has 78 valence electrons. The van der Waals surface area contributed by atoms with Crippen LogP contribution >= 0.6 is 0 Å². The van der Waals surface area contributed by atoms with Crippen LogP contribution in [0.4, 0.5) is 4.39 Å². The van der Waals surface area contributed by atoms with Gasteiger partial charge in [-0.05, 0) is 44.0 Å². The fourth-order valence-corrected chi connectivity index (χ4v) is 1.54. The Labute approximate surface area is 85.3 Å². The van der Waals surface area contributed by atoms with Crippen molar-refractivity contribution in [3.05, 3.63) is 35.6 Å². The molecule has 2 heteroatoms. The van der Waals surface area contributed by atoms with Gasteiger partial charge in [0, 0.05) is 6.04 Å². The van der Waals surface area contributed by atoms with E-state index in [1.807, 2.05) is 19.2 Å². The van der Waals surface area contributed by atoms with Gasteiger partial charge in [-0.1, -0.05) is 19.1 Å². The van der Waals surface area contributed by atoms with Gasteiger partial charge in [-0.2, -0.15) is 0 Å². The molecule has 1 atom stereocenters. The van der Waals surface area contributed by atoms with E-state index >= 15 is 0 Å². The van der Waals surface area contributed by atoms with E-state index in [2.05, 4.69) is 12.2 Å². The first kappa shape index (κ1) is 11.2. The molecular formula is C12H18FN. The topological polar surface area (TPSA) is 12.0 Å². The molecule has 14 heavy (non-hydrogen) atoms. The normalized spacial score (nSPS) is 12.8. The summed E-state index contributed by atoms with van der Waals surface area (Å²) in [4.78, 5) is 0. The fraction of sp³-hybridized carbons (Fsp3) is 0.500. The zero-order chi connectivity index (χ0) is 10.4. The van der Waals surface area contributed by atoms with Crippen molar-refractivity contribution in [2.24, 2.45) is 0 Å². The molecule has 0 fully saturated rings. The summed E-state index contributed by atoms with van der Waals surface area (Å²) < 4.78 is 12.6. The van der Waals surface area contributed by atoms with Crippen molar-refractivity contribution in [1.82, 2.24) is 5.32 Å². The minimum absolute atomic E-state index is 0.158. The Balaban J connectivity index is 2.41. The second-order valence-corrected chi connectivity index (χ2v) is 3.56. The standard InChI is InChI=1S/C12H18FN/c1-3-12(14-2)9-6-10-4-7-11(13)8-5-10/h4-5,7-8,12,14H,3,6,9H2,1-2H3. The molecule has 0 bridgehead atoms. The molecule has 0 saturated heterocycles. The molecule has 1 aromatic carbocycles. The van der Waals surface area contributed by atoms with E-state index in [-0.39, 0.29) is 5.82 Å². The lowest BCUT2D eigenvalue weighted by Crippen LogP contribution is -2.24. The predicted molar refractivity (Wildman–Crippen MR) is 57.9 cm³/mol. The van der Waals surface area contributed by atoms with Crippen molar-refractivity contribution >= 4 is 0 Å². The van der Waals surface area contributed by atoms with E-state index in [1.165, 1.54) is 17.7 Å². The van der Waals surface area contributed by atoms with Gasteiger partial charge in [0.05, 0.1) is 0 Å². The van der Waals surface area contributed by atoms with Crippen molar-refractivity contribution < 1.29 is 4.39 Å². The first-order valence-corrected chi connectivity index (χ1v) is 5.18. The minimum atomic E-state index is -0.158. The molecule has 0 aromatic heterocycles. The SMILES string of the molecule is CCC(CCc1ccc(F)cc1)NC. The highest BCUT2D eigenvalue weighted by atomic mass is 19.1. The average molecular weight is 195 g/mol. The van der Waals surface area contributed by atoms with Gasteiger partial charge in [-0.3, -0.25) is 0 Å². The number of aryl methyl sites for hydroxylation is 1. The Morgan fingerprint density at radius 2 is 1.93 bits per heavy atom. The van der Waals surface area contributed by atoms with E-state index < -0.39 is 0 Å². The quantitative estimate of drug-likeness (QED) is 0.761. The van der Waals surface area contributed by atoms with Crippen molar-refractivity contribution in [3.8, 4) is 0 Å². The van der Waals surface area contributed by atoms with E-state index in [4.69, 9.17) is 0 Å². The molecule has 0 saturated carbocycles. The number of halogens is 1. The van der Waals surface area contributed by atoms with Gasteiger partial charge in [-0.25, -0.2) is 4.39 Å². The number of rotatable bonds is 5. The molecular weight excluding hydrogens is 177 g/mol. The Hall–Kier alpha value is -0.890. The summed E-state index contributed by atoms with van der Waals surface area (Å²) in [7, 11) is 1.98. The first-order chi connectivity index (χ1) is 6.76. The maximum atomic E-state index is 12.6. The van der Waals surface area contributed by atoms with Crippen molar-refractivity contribution in [1.29, 1.82) is 0 Å². The summed E-state index contributed by atoms with van der Waals surface area (Å²) in [5.41, 5.74) is 1.21. The third-order valence-electron chi connectivity index (χ3n) is 2.60. The summed E-state index contributed by atoms with van der Waals surface area (Å²) in [6, 6.07) is 7.33. The van der Waals surface area contributed by atoms with Crippen LogP contribution in [0, 0.1) is 5.82 Å². The Morgan fingerprint density at radius 1 is 1.29 bits per heavy atom. The van der Waals surface area contributed by atoms with Gasteiger partial charge in [0.2, 0.25) is 0 Å². The van der Waals surface area contributed by atoms with Crippen LogP contribution in [0.15, 0.2) is 24.3 Å². The van der Waals surface area contributed by atoms with Gasteiger partial charge in [0.15, 0.2) is 0 Å². The Bertz CT molecular complexity index is 252. The van der Waals surface area contributed by atoms with Gasteiger partial charge < -0.3 is 5.32 Å². The van der Waals surface area contributed by atoms with Gasteiger partial charge in [-0.15, -0.1) is 0 Å². The van der Waals surface area contributed by atoms with Crippen LogP contribution < -0.4 is 5.32 Å². The number of hydrogen-bond donors (Lipinski definition) is 1. The molecule has 1 aromatic rings. The van der Waals surface area contributed by atoms with E-state index in [9.17, 15) is 4.39 Å². The van der Waals surface area contributed by atoms with E-state index in [0.29, 0.717) is 6.04 Å². The zero-order valence-electron chi connectivity index (χ0n) is 8.89. The van der Waals surface area contributed by atoms with Crippen LogP contribution in [0.3, 0.4) is 0 Å². The molecule has 0 aliphatic heterocycles. The van der Waals surface area contributed by atoms with Crippen molar-refractivity contribution in [3.63, 3.8) is 0 Å². The molecule has 0 amide bonds. The van der Waals surface area contributed by atoms with Crippen LogP contribution in [0.5, 0.6) is 0 Å². The van der Waals surface area contributed by atoms with Crippen molar-refractivity contribution in [2.45, 2.75) is 32.2 Å². The molecule has 0 spiro atoms. The van der Waals surface area contributed by atoms with E-state index in [1.54, 1.807) is 0 Å². The van der Waals surface area contributed by atoms with E-state index in [0.717, 1.165) is 19.3 Å². The zero-order valence-corrected chi connectivity index (χ0v) is 8.89. The molecule has 0 aliphatic carbocycles. The smallest absolute Gasteiger partial charge is 0.123 e. The fourth-order valence-electron chi connectivity index (χ4n) is 1.54. The summed E-state index contributed by atoms with van der Waals surface area (Å²) in [6.45, 7) is 2.17. The van der Waals surface area contributed by atoms with Crippen LogP contribution in [-0.2, 0) is 6.42 Å². The Kier molecular flexibility index (Phi) is 4.60. The first-order valence-electron chi connectivity index (χ1n) is 5.18. The second kappa shape index (κ2) is 5.76. The highest BCUT2D eigenvalue weighted by Gasteiger charge is 2.02. The molecule has 0 aliphatic rings. The molecule has 1 unspecified atom stereocenters. The summed E-state index contributed by atoms with van der Waals surface area (Å²) in [5.74, 6) is -0.158. The molecule has 1 rings (SSSR count). The Morgan fingerprint density at radius 3 is 2.43 bits per heavy atom. The predicted octanol–water partition coefficient (Wildman–Crippen LogP) is 2.76. The summed E-state index contributed by atoms with van der Waals surface area (Å²) in [6.07, 6.45) is 3.26. The number of benzene rings is 1. The summed E-state index contributed by atoms with van der Waals surface area (Å²) in [5, 5.41) is 3.26. The molecule has 0 heterocycles. The van der Waals surface area contributed by atoms with Crippen LogP contribution in [-0.4, -0.2) is 13.1 Å². The summed E-state index contributed by atoms with van der Waals surface area (Å²) >= 11 is 0. The second-order valence-electron chi connectivity index (χ2n) is 3.56. The minimum Gasteiger partial charge on any atom is -0.317 e. The lowest BCUT2D eigenvalue weighted by molar-refractivity contribution is 0.508. The lowest BCUT2D eigenvalue weighted by atomic mass is 10.0. The number of hydrogen-bond acceptors (Lipinski definition) is 1. The number of nitrogens with one attached hydrogen (secondary N) is 1. The monoisotopic (exact) mass is 195 g/mol. The molecule has 0 radical (unpaired) electrons. The van der Waals surface area contributed by atoms with Crippen LogP contribution in [0.25, 0.3) is 0 Å². The third kappa shape index (κ3) is 3.46. The maximum absolute atomic E-state index is 12.6. The highest BCUT2D eigenvalue weighted by Crippen LogP contribution is 2.08. The maximum Gasteiger partial charge on any atom is 0.123 e. The van der Waals surface area contributed by atoms with Gasteiger partial charge >= 0.3 is 0 Å². The lowest BCUT2D eigenvalue weighted by Gasteiger charge is -2.13. The highest BCUT2D eigenvalue weighted by molar-refractivity contribution is 5.16. The van der Waals surface area contributed by atoms with Crippen molar-refractivity contribution in [2.75, 3.05) is 7.05 Å². The van der Waals surface area contributed by atoms with Gasteiger partial charge in [0.25, 0.3) is 0 Å². The third-order valence-corrected chi connectivity index (χ3v) is 2.60. The van der Waals surface area contributed by atoms with Crippen LogP contribution in [0.1, 0.15) is 25.3 Å². The molecule has 1 nitrogen and oxygen atoms in total. The van der Waals surface area contributed by atoms with Crippen LogP contribution in [0.2, 0.25) is 0 Å².